The summed E-state index contributed by atoms with van der Waals surface area (Å²) in [5, 5.41) is 6.61. The first-order valence-corrected chi connectivity index (χ1v) is 10.8. The van der Waals surface area contributed by atoms with Gasteiger partial charge in [0, 0.05) is 31.6 Å². The lowest BCUT2D eigenvalue weighted by Crippen LogP contribution is -2.38. The van der Waals surface area contributed by atoms with Crippen LogP contribution < -0.4 is 14.8 Å². The van der Waals surface area contributed by atoms with Gasteiger partial charge in [-0.05, 0) is 57.7 Å². The van der Waals surface area contributed by atoms with Crippen LogP contribution in [0.5, 0.6) is 11.5 Å². The number of piperidine rings is 1. The first-order valence-electron chi connectivity index (χ1n) is 10.8. The number of nitrogens with zero attached hydrogens (tertiary/aromatic N) is 3. The lowest BCUT2D eigenvalue weighted by Gasteiger charge is -2.26. The van der Waals surface area contributed by atoms with Crippen LogP contribution in [0.3, 0.4) is 0 Å². The number of aryl methyl sites for hydroxylation is 2. The van der Waals surface area contributed by atoms with Gasteiger partial charge in [0.25, 0.3) is 11.8 Å². The van der Waals surface area contributed by atoms with Crippen molar-refractivity contribution in [2.45, 2.75) is 46.0 Å². The zero-order valence-electron chi connectivity index (χ0n) is 18.2. The molecule has 0 saturated carbocycles. The molecular formula is C22H30N4O5. The average molecular weight is 431 g/mol. The van der Waals surface area contributed by atoms with E-state index in [4.69, 9.17) is 14.0 Å². The van der Waals surface area contributed by atoms with Crippen LogP contribution in [0.15, 0.2) is 22.7 Å². The van der Waals surface area contributed by atoms with E-state index in [1.165, 1.54) is 6.42 Å². The van der Waals surface area contributed by atoms with Crippen molar-refractivity contribution in [1.82, 2.24) is 20.4 Å². The Kier molecular flexibility index (Phi) is 8.26. The van der Waals surface area contributed by atoms with Crippen LogP contribution in [-0.2, 0) is 11.2 Å². The van der Waals surface area contributed by atoms with Gasteiger partial charge >= 0.3 is 0 Å². The van der Waals surface area contributed by atoms with E-state index in [-0.39, 0.29) is 18.4 Å². The molecule has 2 heterocycles. The van der Waals surface area contributed by atoms with E-state index in [1.54, 1.807) is 25.1 Å². The number of carbonyl (C=O) groups is 2. The Hall–Kier alpha value is -3.10. The summed E-state index contributed by atoms with van der Waals surface area (Å²) in [5.74, 6) is 1.82. The van der Waals surface area contributed by atoms with Gasteiger partial charge in [-0.1, -0.05) is 5.16 Å². The monoisotopic (exact) mass is 430 g/mol. The molecule has 1 N–H and O–H groups in total. The first-order chi connectivity index (χ1) is 15.1. The van der Waals surface area contributed by atoms with Crippen molar-refractivity contribution in [3.8, 4) is 11.5 Å². The van der Waals surface area contributed by atoms with Gasteiger partial charge in [-0.2, -0.15) is 4.98 Å². The number of likely N-dealkylation sites (tertiary alicyclic amines) is 1. The highest BCUT2D eigenvalue weighted by molar-refractivity contribution is 5.94. The maximum Gasteiger partial charge on any atom is 0.260 e. The summed E-state index contributed by atoms with van der Waals surface area (Å²) in [6.07, 6.45) is 4.52. The Morgan fingerprint density at radius 3 is 2.68 bits per heavy atom. The van der Waals surface area contributed by atoms with Crippen molar-refractivity contribution in [3.63, 3.8) is 0 Å². The van der Waals surface area contributed by atoms with Crippen LogP contribution >= 0.6 is 0 Å². The number of rotatable bonds is 10. The van der Waals surface area contributed by atoms with Crippen LogP contribution in [0.1, 0.15) is 54.7 Å². The summed E-state index contributed by atoms with van der Waals surface area (Å²) in [6.45, 7) is 6.05. The van der Waals surface area contributed by atoms with Crippen molar-refractivity contribution in [2.75, 3.05) is 32.8 Å². The van der Waals surface area contributed by atoms with Crippen LogP contribution in [0.2, 0.25) is 0 Å². The molecule has 3 rings (SSSR count). The molecular weight excluding hydrogens is 400 g/mol. The minimum Gasteiger partial charge on any atom is -0.490 e. The van der Waals surface area contributed by atoms with Crippen molar-refractivity contribution in [3.05, 3.63) is 35.5 Å². The number of aromatic nitrogens is 2. The fourth-order valence-electron chi connectivity index (χ4n) is 3.40. The fraction of sp³-hybridized carbons (Fsp3) is 0.545. The predicted molar refractivity (Wildman–Crippen MR) is 113 cm³/mol. The van der Waals surface area contributed by atoms with E-state index in [0.717, 1.165) is 25.9 Å². The molecule has 31 heavy (non-hydrogen) atoms. The van der Waals surface area contributed by atoms with Gasteiger partial charge in [0.1, 0.15) is 0 Å². The zero-order valence-corrected chi connectivity index (χ0v) is 18.2. The lowest BCUT2D eigenvalue weighted by atomic mass is 10.1. The second kappa shape index (κ2) is 11.3. The third kappa shape index (κ3) is 6.70. The van der Waals surface area contributed by atoms with Gasteiger partial charge in [0.05, 0.1) is 6.61 Å². The molecule has 9 nitrogen and oxygen atoms in total. The minimum absolute atomic E-state index is 0.0274. The topological polar surface area (TPSA) is 107 Å². The summed E-state index contributed by atoms with van der Waals surface area (Å²) < 4.78 is 16.4. The highest BCUT2D eigenvalue weighted by atomic mass is 16.5. The molecule has 0 bridgehead atoms. The quantitative estimate of drug-likeness (QED) is 0.577. The molecule has 0 atom stereocenters. The molecule has 0 aliphatic carbocycles. The van der Waals surface area contributed by atoms with Crippen molar-refractivity contribution in [2.24, 2.45) is 0 Å². The van der Waals surface area contributed by atoms with Crippen LogP contribution in [-0.4, -0.2) is 59.7 Å². The largest absolute Gasteiger partial charge is 0.490 e. The Labute approximate surface area is 182 Å². The summed E-state index contributed by atoms with van der Waals surface area (Å²) in [6, 6.07) is 4.98. The summed E-state index contributed by atoms with van der Waals surface area (Å²) in [7, 11) is 0. The van der Waals surface area contributed by atoms with E-state index in [9.17, 15) is 9.59 Å². The van der Waals surface area contributed by atoms with Crippen molar-refractivity contribution >= 4 is 11.8 Å². The van der Waals surface area contributed by atoms with Crippen molar-refractivity contribution in [1.29, 1.82) is 0 Å². The van der Waals surface area contributed by atoms with Gasteiger partial charge in [-0.3, -0.25) is 9.59 Å². The molecule has 2 amide bonds. The van der Waals surface area contributed by atoms with E-state index >= 15 is 0 Å². The normalized spacial score (nSPS) is 13.7. The molecule has 2 aromatic rings. The Morgan fingerprint density at radius 1 is 1.16 bits per heavy atom. The molecule has 9 heteroatoms. The SMILES string of the molecule is CCOc1cc(C(=O)NCCCc2nc(C)no2)ccc1OCC(=O)N1CCCCC1. The molecule has 1 aromatic heterocycles. The first kappa shape index (κ1) is 22.6. The zero-order chi connectivity index (χ0) is 22.1. The van der Waals surface area contributed by atoms with Crippen LogP contribution in [0.25, 0.3) is 0 Å². The van der Waals surface area contributed by atoms with Crippen LogP contribution in [0, 0.1) is 6.92 Å². The fourth-order valence-corrected chi connectivity index (χ4v) is 3.40. The third-order valence-electron chi connectivity index (χ3n) is 4.99. The third-order valence-corrected chi connectivity index (χ3v) is 4.99. The molecule has 0 unspecified atom stereocenters. The Balaban J connectivity index is 1.51. The molecule has 1 aromatic carbocycles. The van der Waals surface area contributed by atoms with E-state index in [0.29, 0.717) is 54.8 Å². The van der Waals surface area contributed by atoms with Crippen molar-refractivity contribution < 1.29 is 23.6 Å². The van der Waals surface area contributed by atoms with Gasteiger partial charge in [-0.25, -0.2) is 0 Å². The number of amides is 2. The molecule has 0 radical (unpaired) electrons. The van der Waals surface area contributed by atoms with E-state index < -0.39 is 0 Å². The predicted octanol–water partition coefficient (Wildman–Crippen LogP) is 2.53. The van der Waals surface area contributed by atoms with E-state index in [1.807, 2.05) is 11.8 Å². The molecule has 1 saturated heterocycles. The van der Waals surface area contributed by atoms with Gasteiger partial charge in [0.2, 0.25) is 5.89 Å². The second-order valence-corrected chi connectivity index (χ2v) is 7.42. The standard InChI is InChI=1S/C22H30N4O5/c1-3-29-19-14-17(22(28)23-11-7-8-20-24-16(2)25-31-20)9-10-18(19)30-15-21(27)26-12-5-4-6-13-26/h9-10,14H,3-8,11-13,15H2,1-2H3,(H,23,28). The van der Waals surface area contributed by atoms with Gasteiger partial charge < -0.3 is 24.2 Å². The number of carbonyl (C=O) groups excluding carboxylic acids is 2. The number of hydrogen-bond acceptors (Lipinski definition) is 7. The molecule has 0 spiro atoms. The minimum atomic E-state index is -0.210. The van der Waals surface area contributed by atoms with E-state index in [2.05, 4.69) is 15.5 Å². The van der Waals surface area contributed by atoms with Gasteiger partial charge in [0.15, 0.2) is 23.9 Å². The highest BCUT2D eigenvalue weighted by Gasteiger charge is 2.18. The average Bonchev–Trinajstić information content (AvgIpc) is 3.21. The highest BCUT2D eigenvalue weighted by Crippen LogP contribution is 2.28. The maximum atomic E-state index is 12.5. The molecule has 1 aliphatic heterocycles. The summed E-state index contributed by atoms with van der Waals surface area (Å²) in [4.78, 5) is 30.8. The number of ether oxygens (including phenoxy) is 2. The molecule has 168 valence electrons. The Bertz CT molecular complexity index is 877. The summed E-state index contributed by atoms with van der Waals surface area (Å²) >= 11 is 0. The smallest absolute Gasteiger partial charge is 0.260 e. The maximum absolute atomic E-state index is 12.5. The molecule has 1 fully saturated rings. The number of nitrogens with one attached hydrogen (secondary N) is 1. The Morgan fingerprint density at radius 2 is 1.97 bits per heavy atom. The van der Waals surface area contributed by atoms with Crippen LogP contribution in [0.4, 0.5) is 0 Å². The lowest BCUT2D eigenvalue weighted by molar-refractivity contribution is -0.134. The summed E-state index contributed by atoms with van der Waals surface area (Å²) in [5.41, 5.74) is 0.465. The molecule has 1 aliphatic rings. The second-order valence-electron chi connectivity index (χ2n) is 7.42. The number of hydrogen-bond donors (Lipinski definition) is 1. The van der Waals surface area contributed by atoms with Gasteiger partial charge in [-0.15, -0.1) is 0 Å². The number of benzene rings is 1.